The van der Waals surface area contributed by atoms with Crippen molar-refractivity contribution in [2.24, 2.45) is 0 Å². The van der Waals surface area contributed by atoms with Gasteiger partial charge in [-0.15, -0.1) is 0 Å². The summed E-state index contributed by atoms with van der Waals surface area (Å²) in [5.41, 5.74) is 3.44. The van der Waals surface area contributed by atoms with Crippen LogP contribution in [0.15, 0.2) is 18.2 Å². The first-order valence-corrected chi connectivity index (χ1v) is 7.11. The number of benzene rings is 1. The lowest BCUT2D eigenvalue weighted by Crippen LogP contribution is -2.27. The molecule has 1 aliphatic heterocycles. The molecule has 0 radical (unpaired) electrons. The Morgan fingerprint density at radius 2 is 1.81 bits per heavy atom. The SMILES string of the molecule is CC(C)c1nc(-c2cc(F)cc(F)c2)nc2c1CNCC2. The number of nitrogens with zero attached hydrogens (tertiary/aromatic N) is 2. The van der Waals surface area contributed by atoms with E-state index < -0.39 is 11.6 Å². The smallest absolute Gasteiger partial charge is 0.159 e. The van der Waals surface area contributed by atoms with Gasteiger partial charge >= 0.3 is 0 Å². The number of hydrogen-bond acceptors (Lipinski definition) is 3. The second-order valence-electron chi connectivity index (χ2n) is 5.60. The highest BCUT2D eigenvalue weighted by molar-refractivity contribution is 5.56. The van der Waals surface area contributed by atoms with E-state index >= 15 is 0 Å². The Morgan fingerprint density at radius 3 is 2.48 bits per heavy atom. The van der Waals surface area contributed by atoms with E-state index in [1.54, 1.807) is 0 Å². The van der Waals surface area contributed by atoms with Crippen LogP contribution in [0.2, 0.25) is 0 Å². The summed E-state index contributed by atoms with van der Waals surface area (Å²) in [4.78, 5) is 9.08. The molecule has 0 aliphatic carbocycles. The molecule has 3 rings (SSSR count). The van der Waals surface area contributed by atoms with E-state index in [4.69, 9.17) is 0 Å². The Labute approximate surface area is 122 Å². The maximum atomic E-state index is 13.4. The molecule has 3 nitrogen and oxygen atoms in total. The number of halogens is 2. The van der Waals surface area contributed by atoms with Crippen molar-refractivity contribution >= 4 is 0 Å². The summed E-state index contributed by atoms with van der Waals surface area (Å²) < 4.78 is 26.8. The lowest BCUT2D eigenvalue weighted by molar-refractivity contribution is 0.583. The van der Waals surface area contributed by atoms with Crippen molar-refractivity contribution in [2.45, 2.75) is 32.7 Å². The molecule has 1 N–H and O–H groups in total. The standard InChI is InChI=1S/C16H17F2N3/c1-9(2)15-13-8-19-4-3-14(13)20-16(21-15)10-5-11(17)7-12(18)6-10/h5-7,9,19H,3-4,8H2,1-2H3. The summed E-state index contributed by atoms with van der Waals surface area (Å²) in [5.74, 6) is -0.588. The van der Waals surface area contributed by atoms with Gasteiger partial charge in [0.05, 0.1) is 11.4 Å². The maximum absolute atomic E-state index is 13.4. The summed E-state index contributed by atoms with van der Waals surface area (Å²) >= 11 is 0. The summed E-state index contributed by atoms with van der Waals surface area (Å²) in [7, 11) is 0. The van der Waals surface area contributed by atoms with E-state index in [2.05, 4.69) is 29.1 Å². The lowest BCUT2D eigenvalue weighted by atomic mass is 9.98. The number of rotatable bonds is 2. The van der Waals surface area contributed by atoms with Gasteiger partial charge in [0.1, 0.15) is 11.6 Å². The minimum atomic E-state index is -0.612. The number of nitrogens with one attached hydrogen (secondary N) is 1. The second kappa shape index (κ2) is 5.48. The number of fused-ring (bicyclic) bond motifs is 1. The average molecular weight is 289 g/mol. The van der Waals surface area contributed by atoms with E-state index in [0.29, 0.717) is 11.4 Å². The van der Waals surface area contributed by atoms with Crippen LogP contribution in [0.5, 0.6) is 0 Å². The Hall–Kier alpha value is -1.88. The molecule has 2 aromatic rings. The fourth-order valence-corrected chi connectivity index (χ4v) is 2.66. The van der Waals surface area contributed by atoms with Gasteiger partial charge in [0.15, 0.2) is 5.82 Å². The normalized spacial score (nSPS) is 14.3. The topological polar surface area (TPSA) is 37.8 Å². The molecule has 21 heavy (non-hydrogen) atoms. The summed E-state index contributed by atoms with van der Waals surface area (Å²) in [6.45, 7) is 5.74. The van der Waals surface area contributed by atoms with Gasteiger partial charge in [-0.25, -0.2) is 18.7 Å². The van der Waals surface area contributed by atoms with Crippen LogP contribution < -0.4 is 5.32 Å². The Bertz CT molecular complexity index is 663. The van der Waals surface area contributed by atoms with Gasteiger partial charge in [0, 0.05) is 36.7 Å². The average Bonchev–Trinajstić information content (AvgIpc) is 2.45. The van der Waals surface area contributed by atoms with Crippen LogP contribution in [0.3, 0.4) is 0 Å². The Balaban J connectivity index is 2.17. The van der Waals surface area contributed by atoms with Gasteiger partial charge in [0.25, 0.3) is 0 Å². The third-order valence-corrected chi connectivity index (χ3v) is 3.63. The molecule has 0 fully saturated rings. The quantitative estimate of drug-likeness (QED) is 0.922. The predicted molar refractivity (Wildman–Crippen MR) is 76.9 cm³/mol. The largest absolute Gasteiger partial charge is 0.312 e. The third-order valence-electron chi connectivity index (χ3n) is 3.63. The molecule has 0 saturated heterocycles. The zero-order chi connectivity index (χ0) is 15.0. The van der Waals surface area contributed by atoms with E-state index in [0.717, 1.165) is 42.5 Å². The van der Waals surface area contributed by atoms with Gasteiger partial charge in [0.2, 0.25) is 0 Å². The zero-order valence-corrected chi connectivity index (χ0v) is 12.1. The zero-order valence-electron chi connectivity index (χ0n) is 12.1. The molecule has 110 valence electrons. The van der Waals surface area contributed by atoms with Crippen molar-refractivity contribution in [3.8, 4) is 11.4 Å². The number of aromatic nitrogens is 2. The van der Waals surface area contributed by atoms with Crippen LogP contribution in [0.4, 0.5) is 8.78 Å². The summed E-state index contributed by atoms with van der Waals surface area (Å²) in [6, 6.07) is 3.40. The van der Waals surface area contributed by atoms with E-state index in [-0.39, 0.29) is 5.92 Å². The highest BCUT2D eigenvalue weighted by atomic mass is 19.1. The van der Waals surface area contributed by atoms with Gasteiger partial charge in [-0.3, -0.25) is 0 Å². The first kappa shape index (κ1) is 14.1. The molecular formula is C16H17F2N3. The maximum Gasteiger partial charge on any atom is 0.159 e. The van der Waals surface area contributed by atoms with Gasteiger partial charge in [-0.1, -0.05) is 13.8 Å². The van der Waals surface area contributed by atoms with E-state index in [9.17, 15) is 8.78 Å². The van der Waals surface area contributed by atoms with Crippen LogP contribution in [-0.2, 0) is 13.0 Å². The van der Waals surface area contributed by atoms with Gasteiger partial charge in [-0.2, -0.15) is 0 Å². The van der Waals surface area contributed by atoms with Crippen molar-refractivity contribution < 1.29 is 8.78 Å². The molecule has 1 aliphatic rings. The minimum Gasteiger partial charge on any atom is -0.312 e. The van der Waals surface area contributed by atoms with Gasteiger partial charge < -0.3 is 5.32 Å². The van der Waals surface area contributed by atoms with Gasteiger partial charge in [-0.05, 0) is 18.1 Å². The van der Waals surface area contributed by atoms with Crippen LogP contribution in [0, 0.1) is 11.6 Å². The molecule has 5 heteroatoms. The molecule has 0 amide bonds. The molecule has 1 aromatic heterocycles. The van der Waals surface area contributed by atoms with Crippen LogP contribution >= 0.6 is 0 Å². The molecule has 0 saturated carbocycles. The molecule has 0 spiro atoms. The predicted octanol–water partition coefficient (Wildman–Crippen LogP) is 3.19. The van der Waals surface area contributed by atoms with Crippen molar-refractivity contribution in [1.82, 2.24) is 15.3 Å². The highest BCUT2D eigenvalue weighted by Crippen LogP contribution is 2.26. The summed E-state index contributed by atoms with van der Waals surface area (Å²) in [5, 5.41) is 3.31. The van der Waals surface area contributed by atoms with Crippen molar-refractivity contribution in [3.05, 3.63) is 46.8 Å². The first-order valence-electron chi connectivity index (χ1n) is 7.11. The fraction of sp³-hybridized carbons (Fsp3) is 0.375. The summed E-state index contributed by atoms with van der Waals surface area (Å²) in [6.07, 6.45) is 0.808. The third kappa shape index (κ3) is 2.78. The minimum absolute atomic E-state index is 0.235. The van der Waals surface area contributed by atoms with Crippen molar-refractivity contribution in [2.75, 3.05) is 6.54 Å². The molecule has 1 aromatic carbocycles. The first-order chi connectivity index (χ1) is 10.0. The monoisotopic (exact) mass is 289 g/mol. The number of hydrogen-bond donors (Lipinski definition) is 1. The van der Waals surface area contributed by atoms with Crippen molar-refractivity contribution in [1.29, 1.82) is 0 Å². The van der Waals surface area contributed by atoms with E-state index in [1.165, 1.54) is 12.1 Å². The molecular weight excluding hydrogens is 272 g/mol. The van der Waals surface area contributed by atoms with Crippen LogP contribution in [-0.4, -0.2) is 16.5 Å². The van der Waals surface area contributed by atoms with Crippen LogP contribution in [0.1, 0.15) is 36.7 Å². The Morgan fingerprint density at radius 1 is 1.10 bits per heavy atom. The van der Waals surface area contributed by atoms with Crippen LogP contribution in [0.25, 0.3) is 11.4 Å². The van der Waals surface area contributed by atoms with Crippen molar-refractivity contribution in [3.63, 3.8) is 0 Å². The second-order valence-corrected chi connectivity index (χ2v) is 5.60. The Kier molecular flexibility index (Phi) is 3.68. The molecule has 0 unspecified atom stereocenters. The molecule has 0 atom stereocenters. The molecule has 2 heterocycles. The van der Waals surface area contributed by atoms with E-state index in [1.807, 2.05) is 0 Å². The lowest BCUT2D eigenvalue weighted by Gasteiger charge is -2.21. The highest BCUT2D eigenvalue weighted by Gasteiger charge is 2.20. The fourth-order valence-electron chi connectivity index (χ4n) is 2.66. The molecule has 0 bridgehead atoms.